The first-order chi connectivity index (χ1) is 9.02. The summed E-state index contributed by atoms with van der Waals surface area (Å²) in [7, 11) is 1.45. The number of benzene rings is 2. The molecule has 2 aromatic rings. The van der Waals surface area contributed by atoms with Crippen LogP contribution in [0.25, 0.3) is 0 Å². The van der Waals surface area contributed by atoms with Crippen molar-refractivity contribution in [1.29, 1.82) is 0 Å². The van der Waals surface area contributed by atoms with E-state index in [1.165, 1.54) is 24.3 Å². The van der Waals surface area contributed by atoms with Crippen LogP contribution in [0.1, 0.15) is 27.6 Å². The zero-order chi connectivity index (χ0) is 14.0. The van der Waals surface area contributed by atoms with Crippen molar-refractivity contribution in [2.75, 3.05) is 7.11 Å². The van der Waals surface area contributed by atoms with Crippen LogP contribution in [0, 0.1) is 19.7 Å². The summed E-state index contributed by atoms with van der Waals surface area (Å²) in [5, 5.41) is -0.311. The normalized spacial score (nSPS) is 12.3. The highest BCUT2D eigenvalue weighted by atomic mass is 35.5. The van der Waals surface area contributed by atoms with Gasteiger partial charge in [-0.15, -0.1) is 11.6 Å². The summed E-state index contributed by atoms with van der Waals surface area (Å²) in [6.07, 6.45) is 0. The third-order valence-electron chi connectivity index (χ3n) is 3.29. The lowest BCUT2D eigenvalue weighted by molar-refractivity contribution is 0.386. The van der Waals surface area contributed by atoms with Gasteiger partial charge in [-0.3, -0.25) is 0 Å². The number of halogens is 2. The lowest BCUT2D eigenvalue weighted by Crippen LogP contribution is -1.97. The van der Waals surface area contributed by atoms with Crippen LogP contribution in [-0.4, -0.2) is 7.11 Å². The van der Waals surface area contributed by atoms with Crippen LogP contribution in [-0.2, 0) is 0 Å². The summed E-state index contributed by atoms with van der Waals surface area (Å²) in [4.78, 5) is 0. The van der Waals surface area contributed by atoms with E-state index in [0.717, 1.165) is 11.1 Å². The molecule has 0 saturated carbocycles. The summed E-state index contributed by atoms with van der Waals surface area (Å²) in [6.45, 7) is 4.11. The second kappa shape index (κ2) is 5.62. The third-order valence-corrected chi connectivity index (χ3v) is 3.80. The molecular formula is C16H16ClFO. The Labute approximate surface area is 118 Å². The Balaban J connectivity index is 2.37. The quantitative estimate of drug-likeness (QED) is 0.734. The van der Waals surface area contributed by atoms with Gasteiger partial charge in [0.15, 0.2) is 11.6 Å². The van der Waals surface area contributed by atoms with Crippen LogP contribution in [0.2, 0.25) is 0 Å². The van der Waals surface area contributed by atoms with E-state index in [0.29, 0.717) is 0 Å². The Hall–Kier alpha value is -1.54. The summed E-state index contributed by atoms with van der Waals surface area (Å²) in [6, 6.07) is 10.8. The lowest BCUT2D eigenvalue weighted by Gasteiger charge is -2.13. The van der Waals surface area contributed by atoms with Crippen LogP contribution in [0.5, 0.6) is 5.75 Å². The molecule has 3 heteroatoms. The van der Waals surface area contributed by atoms with Crippen molar-refractivity contribution < 1.29 is 9.13 Å². The molecule has 0 aliphatic rings. The fraction of sp³-hybridized carbons (Fsp3) is 0.250. The van der Waals surface area contributed by atoms with E-state index in [9.17, 15) is 4.39 Å². The minimum atomic E-state index is -0.379. The fourth-order valence-electron chi connectivity index (χ4n) is 1.95. The van der Waals surface area contributed by atoms with Gasteiger partial charge in [0.1, 0.15) is 0 Å². The molecule has 0 aromatic heterocycles. The number of alkyl halides is 1. The molecule has 100 valence electrons. The molecule has 0 radical (unpaired) electrons. The Kier molecular flexibility index (Phi) is 4.11. The van der Waals surface area contributed by atoms with Gasteiger partial charge in [0.2, 0.25) is 0 Å². The number of aryl methyl sites for hydroxylation is 2. The highest BCUT2D eigenvalue weighted by molar-refractivity contribution is 6.22. The number of hydrogen-bond acceptors (Lipinski definition) is 1. The number of hydrogen-bond donors (Lipinski definition) is 0. The van der Waals surface area contributed by atoms with Crippen molar-refractivity contribution >= 4 is 11.6 Å². The number of ether oxygens (including phenoxy) is 1. The first-order valence-corrected chi connectivity index (χ1v) is 6.51. The molecule has 1 unspecified atom stereocenters. The van der Waals surface area contributed by atoms with Crippen molar-refractivity contribution in [1.82, 2.24) is 0 Å². The molecule has 2 aromatic carbocycles. The van der Waals surface area contributed by atoms with Gasteiger partial charge in [0, 0.05) is 0 Å². The minimum absolute atomic E-state index is 0.215. The van der Waals surface area contributed by atoms with E-state index < -0.39 is 0 Å². The summed E-state index contributed by atoms with van der Waals surface area (Å²) >= 11 is 6.46. The second-order valence-corrected chi connectivity index (χ2v) is 5.04. The molecule has 0 aliphatic carbocycles. The zero-order valence-corrected chi connectivity index (χ0v) is 12.0. The van der Waals surface area contributed by atoms with Crippen molar-refractivity contribution in [3.63, 3.8) is 0 Å². The maximum Gasteiger partial charge on any atom is 0.165 e. The average molecular weight is 279 g/mol. The van der Waals surface area contributed by atoms with Crippen LogP contribution in [0.3, 0.4) is 0 Å². The zero-order valence-electron chi connectivity index (χ0n) is 11.2. The van der Waals surface area contributed by atoms with Gasteiger partial charge in [-0.1, -0.05) is 24.3 Å². The predicted octanol–water partition coefficient (Wildman–Crippen LogP) is 4.78. The minimum Gasteiger partial charge on any atom is -0.494 e. The van der Waals surface area contributed by atoms with Crippen LogP contribution in [0.15, 0.2) is 36.4 Å². The Bertz CT molecular complexity index is 595. The van der Waals surface area contributed by atoms with Crippen molar-refractivity contribution in [2.45, 2.75) is 19.2 Å². The largest absolute Gasteiger partial charge is 0.494 e. The second-order valence-electron chi connectivity index (χ2n) is 4.60. The molecule has 2 rings (SSSR count). The first-order valence-electron chi connectivity index (χ1n) is 6.07. The van der Waals surface area contributed by atoms with Gasteiger partial charge in [-0.05, 0) is 48.2 Å². The van der Waals surface area contributed by atoms with E-state index in [-0.39, 0.29) is 16.9 Å². The standard InChI is InChI=1S/C16H16ClFO/c1-10-4-5-12(8-11(10)2)16(17)13-6-7-14(18)15(9-13)19-3/h4-9,16H,1-3H3. The van der Waals surface area contributed by atoms with Gasteiger partial charge in [-0.2, -0.15) is 0 Å². The maximum atomic E-state index is 13.4. The number of methoxy groups -OCH3 is 1. The molecule has 0 spiro atoms. The van der Waals surface area contributed by atoms with Crippen molar-refractivity contribution in [2.24, 2.45) is 0 Å². The average Bonchev–Trinajstić information content (AvgIpc) is 2.41. The Morgan fingerprint density at radius 3 is 2.26 bits per heavy atom. The summed E-state index contributed by atoms with van der Waals surface area (Å²) in [5.74, 6) is -0.165. The predicted molar refractivity (Wildman–Crippen MR) is 76.6 cm³/mol. The fourth-order valence-corrected chi connectivity index (χ4v) is 2.22. The highest BCUT2D eigenvalue weighted by Gasteiger charge is 2.14. The summed E-state index contributed by atoms with van der Waals surface area (Å²) in [5.41, 5.74) is 4.24. The van der Waals surface area contributed by atoms with E-state index in [2.05, 4.69) is 13.0 Å². The Morgan fingerprint density at radius 1 is 1.00 bits per heavy atom. The monoisotopic (exact) mass is 278 g/mol. The maximum absolute atomic E-state index is 13.4. The number of rotatable bonds is 3. The lowest BCUT2D eigenvalue weighted by atomic mass is 10.00. The van der Waals surface area contributed by atoms with E-state index in [1.807, 2.05) is 19.1 Å². The third kappa shape index (κ3) is 2.90. The van der Waals surface area contributed by atoms with Gasteiger partial charge in [0.25, 0.3) is 0 Å². The van der Waals surface area contributed by atoms with Crippen LogP contribution >= 0.6 is 11.6 Å². The van der Waals surface area contributed by atoms with Gasteiger partial charge >= 0.3 is 0 Å². The van der Waals surface area contributed by atoms with Crippen molar-refractivity contribution in [3.05, 3.63) is 64.5 Å². The molecule has 0 amide bonds. The molecule has 0 bridgehead atoms. The Morgan fingerprint density at radius 2 is 1.63 bits per heavy atom. The van der Waals surface area contributed by atoms with E-state index in [1.54, 1.807) is 12.1 Å². The van der Waals surface area contributed by atoms with Crippen LogP contribution < -0.4 is 4.74 Å². The van der Waals surface area contributed by atoms with E-state index in [4.69, 9.17) is 16.3 Å². The van der Waals surface area contributed by atoms with Gasteiger partial charge < -0.3 is 4.74 Å². The van der Waals surface area contributed by atoms with Gasteiger partial charge in [0.05, 0.1) is 12.5 Å². The SMILES string of the molecule is COc1cc(C(Cl)c2ccc(C)c(C)c2)ccc1F. The molecule has 0 heterocycles. The molecule has 0 saturated heterocycles. The van der Waals surface area contributed by atoms with Crippen LogP contribution in [0.4, 0.5) is 4.39 Å². The molecule has 1 atom stereocenters. The molecular weight excluding hydrogens is 263 g/mol. The summed E-state index contributed by atoms with van der Waals surface area (Å²) < 4.78 is 18.4. The molecule has 19 heavy (non-hydrogen) atoms. The van der Waals surface area contributed by atoms with Gasteiger partial charge in [-0.25, -0.2) is 4.39 Å². The highest BCUT2D eigenvalue weighted by Crippen LogP contribution is 2.32. The topological polar surface area (TPSA) is 9.23 Å². The first kappa shape index (κ1) is 13.9. The molecule has 1 nitrogen and oxygen atoms in total. The smallest absolute Gasteiger partial charge is 0.165 e. The van der Waals surface area contributed by atoms with E-state index >= 15 is 0 Å². The molecule has 0 fully saturated rings. The van der Waals surface area contributed by atoms with Crippen molar-refractivity contribution in [3.8, 4) is 5.75 Å². The molecule has 0 N–H and O–H groups in total. The molecule has 0 aliphatic heterocycles.